The van der Waals surface area contributed by atoms with E-state index in [1.54, 1.807) is 16.9 Å². The Balaban J connectivity index is 1.42. The van der Waals surface area contributed by atoms with Crippen molar-refractivity contribution in [3.8, 4) is 0 Å². The lowest BCUT2D eigenvalue weighted by Gasteiger charge is -2.15. The van der Waals surface area contributed by atoms with Gasteiger partial charge < -0.3 is 10.2 Å². The highest BCUT2D eigenvalue weighted by Gasteiger charge is 2.41. The molecule has 1 saturated carbocycles. The summed E-state index contributed by atoms with van der Waals surface area (Å²) in [6, 6.07) is 10.4. The largest absolute Gasteiger partial charge is 0.339 e. The number of aryl methyl sites for hydroxylation is 1. The molecule has 2 heterocycles. The summed E-state index contributed by atoms with van der Waals surface area (Å²) in [7, 11) is 0. The molecule has 0 radical (unpaired) electrons. The molecule has 2 aliphatic rings. The minimum Gasteiger partial charge on any atom is -0.339 e. The van der Waals surface area contributed by atoms with Crippen LogP contribution >= 0.6 is 0 Å². The van der Waals surface area contributed by atoms with Crippen molar-refractivity contribution >= 4 is 17.6 Å². The fourth-order valence-electron chi connectivity index (χ4n) is 3.42. The second-order valence-electron chi connectivity index (χ2n) is 7.03. The SMILES string of the molecule is Cc1cccc(Cn2nccc2NC(=O)C2CC(=O)N(C3CC3)C2)c1. The number of anilines is 1. The average molecular weight is 338 g/mol. The van der Waals surface area contributed by atoms with Crippen molar-refractivity contribution in [2.75, 3.05) is 11.9 Å². The van der Waals surface area contributed by atoms with Crippen LogP contribution in [-0.4, -0.2) is 39.1 Å². The van der Waals surface area contributed by atoms with E-state index in [0.29, 0.717) is 31.4 Å². The first-order chi connectivity index (χ1) is 12.1. The van der Waals surface area contributed by atoms with Gasteiger partial charge in [-0.1, -0.05) is 29.8 Å². The molecule has 1 unspecified atom stereocenters. The first-order valence-corrected chi connectivity index (χ1v) is 8.78. The Hall–Kier alpha value is -2.63. The molecule has 1 aromatic carbocycles. The highest BCUT2D eigenvalue weighted by molar-refractivity contribution is 5.96. The molecule has 4 rings (SSSR count). The number of hydrogen-bond donors (Lipinski definition) is 1. The topological polar surface area (TPSA) is 67.2 Å². The van der Waals surface area contributed by atoms with E-state index in [1.165, 1.54) is 5.56 Å². The van der Waals surface area contributed by atoms with Crippen LogP contribution in [0, 0.1) is 12.8 Å². The van der Waals surface area contributed by atoms with Gasteiger partial charge in [0.15, 0.2) is 0 Å². The predicted molar refractivity (Wildman–Crippen MR) is 94.0 cm³/mol. The fraction of sp³-hybridized carbons (Fsp3) is 0.421. The van der Waals surface area contributed by atoms with Crippen LogP contribution in [0.15, 0.2) is 36.5 Å². The molecule has 6 heteroatoms. The van der Waals surface area contributed by atoms with Crippen LogP contribution < -0.4 is 5.32 Å². The zero-order chi connectivity index (χ0) is 17.4. The molecule has 1 saturated heterocycles. The summed E-state index contributed by atoms with van der Waals surface area (Å²) in [5.74, 6) is 0.414. The Labute approximate surface area is 146 Å². The van der Waals surface area contributed by atoms with Crippen molar-refractivity contribution in [1.82, 2.24) is 14.7 Å². The van der Waals surface area contributed by atoms with Gasteiger partial charge in [-0.2, -0.15) is 5.10 Å². The molecule has 1 aliphatic heterocycles. The summed E-state index contributed by atoms with van der Waals surface area (Å²) in [6.07, 6.45) is 4.14. The second-order valence-corrected chi connectivity index (χ2v) is 7.03. The van der Waals surface area contributed by atoms with Gasteiger partial charge in [-0.05, 0) is 25.3 Å². The van der Waals surface area contributed by atoms with Crippen LogP contribution in [0.2, 0.25) is 0 Å². The standard InChI is InChI=1S/C19H22N4O2/c1-13-3-2-4-14(9-13)11-23-17(7-8-20-23)21-19(25)15-10-18(24)22(12-15)16-5-6-16/h2-4,7-9,15-16H,5-6,10-12H2,1H3,(H,21,25). The maximum absolute atomic E-state index is 12.6. The number of likely N-dealkylation sites (tertiary alicyclic amines) is 1. The van der Waals surface area contributed by atoms with Crippen molar-refractivity contribution in [3.63, 3.8) is 0 Å². The van der Waals surface area contributed by atoms with Crippen LogP contribution in [0.1, 0.15) is 30.4 Å². The maximum atomic E-state index is 12.6. The molecule has 130 valence electrons. The number of carbonyl (C=O) groups is 2. The summed E-state index contributed by atoms with van der Waals surface area (Å²) in [6.45, 7) is 3.20. The minimum absolute atomic E-state index is 0.0949. The van der Waals surface area contributed by atoms with E-state index in [4.69, 9.17) is 0 Å². The number of carbonyl (C=O) groups excluding carboxylic acids is 2. The van der Waals surface area contributed by atoms with Crippen LogP contribution in [0.3, 0.4) is 0 Å². The number of nitrogens with one attached hydrogen (secondary N) is 1. The molecule has 1 atom stereocenters. The van der Waals surface area contributed by atoms with Gasteiger partial charge >= 0.3 is 0 Å². The van der Waals surface area contributed by atoms with Crippen molar-refractivity contribution in [3.05, 3.63) is 47.7 Å². The quantitative estimate of drug-likeness (QED) is 0.909. The van der Waals surface area contributed by atoms with Gasteiger partial charge in [-0.15, -0.1) is 0 Å². The molecule has 6 nitrogen and oxygen atoms in total. The molecular weight excluding hydrogens is 316 g/mol. The van der Waals surface area contributed by atoms with Crippen LogP contribution in [-0.2, 0) is 16.1 Å². The number of hydrogen-bond acceptors (Lipinski definition) is 3. The Morgan fingerprint density at radius 3 is 2.92 bits per heavy atom. The summed E-state index contributed by atoms with van der Waals surface area (Å²) in [5.41, 5.74) is 2.33. The van der Waals surface area contributed by atoms with Gasteiger partial charge in [0.1, 0.15) is 5.82 Å². The van der Waals surface area contributed by atoms with E-state index in [1.807, 2.05) is 17.0 Å². The molecule has 0 bridgehead atoms. The molecule has 25 heavy (non-hydrogen) atoms. The maximum Gasteiger partial charge on any atom is 0.230 e. The van der Waals surface area contributed by atoms with E-state index in [0.717, 1.165) is 18.4 Å². The van der Waals surface area contributed by atoms with Crippen molar-refractivity contribution in [1.29, 1.82) is 0 Å². The first-order valence-electron chi connectivity index (χ1n) is 8.78. The van der Waals surface area contributed by atoms with E-state index < -0.39 is 0 Å². The van der Waals surface area contributed by atoms with Crippen LogP contribution in [0.5, 0.6) is 0 Å². The number of aromatic nitrogens is 2. The van der Waals surface area contributed by atoms with E-state index >= 15 is 0 Å². The summed E-state index contributed by atoms with van der Waals surface area (Å²) < 4.78 is 1.78. The molecule has 2 aromatic rings. The molecule has 1 aromatic heterocycles. The third-order valence-electron chi connectivity index (χ3n) is 4.90. The molecule has 2 fully saturated rings. The lowest BCUT2D eigenvalue weighted by atomic mass is 10.1. The molecular formula is C19H22N4O2. The van der Waals surface area contributed by atoms with Crippen molar-refractivity contribution in [2.24, 2.45) is 5.92 Å². The van der Waals surface area contributed by atoms with Gasteiger partial charge in [0.2, 0.25) is 11.8 Å². The highest BCUT2D eigenvalue weighted by Crippen LogP contribution is 2.32. The zero-order valence-corrected chi connectivity index (χ0v) is 14.3. The van der Waals surface area contributed by atoms with Gasteiger partial charge in [0.25, 0.3) is 0 Å². The Morgan fingerprint density at radius 1 is 1.32 bits per heavy atom. The Morgan fingerprint density at radius 2 is 2.16 bits per heavy atom. The van der Waals surface area contributed by atoms with Crippen molar-refractivity contribution in [2.45, 2.75) is 38.8 Å². The van der Waals surface area contributed by atoms with Gasteiger partial charge in [0.05, 0.1) is 18.7 Å². The Bertz CT molecular complexity index is 809. The van der Waals surface area contributed by atoms with Gasteiger partial charge in [-0.3, -0.25) is 9.59 Å². The summed E-state index contributed by atoms with van der Waals surface area (Å²) >= 11 is 0. The van der Waals surface area contributed by atoms with Crippen LogP contribution in [0.4, 0.5) is 5.82 Å². The summed E-state index contributed by atoms with van der Waals surface area (Å²) in [4.78, 5) is 26.5. The van der Waals surface area contributed by atoms with Crippen LogP contribution in [0.25, 0.3) is 0 Å². The molecule has 1 N–H and O–H groups in total. The lowest BCUT2D eigenvalue weighted by molar-refractivity contribution is -0.128. The number of amides is 2. The predicted octanol–water partition coefficient (Wildman–Crippen LogP) is 2.19. The smallest absolute Gasteiger partial charge is 0.230 e. The molecule has 2 amide bonds. The number of rotatable bonds is 5. The first kappa shape index (κ1) is 15.9. The lowest BCUT2D eigenvalue weighted by Crippen LogP contribution is -2.30. The fourth-order valence-corrected chi connectivity index (χ4v) is 3.42. The van der Waals surface area contributed by atoms with E-state index in [9.17, 15) is 9.59 Å². The normalized spacial score (nSPS) is 20.1. The molecule has 0 spiro atoms. The second kappa shape index (κ2) is 6.35. The average Bonchev–Trinajstić information content (AvgIpc) is 3.22. The summed E-state index contributed by atoms with van der Waals surface area (Å²) in [5, 5.41) is 7.26. The molecule has 1 aliphatic carbocycles. The van der Waals surface area contributed by atoms with E-state index in [2.05, 4.69) is 29.5 Å². The minimum atomic E-state index is -0.268. The zero-order valence-electron chi connectivity index (χ0n) is 14.3. The van der Waals surface area contributed by atoms with Gasteiger partial charge in [-0.25, -0.2) is 4.68 Å². The third kappa shape index (κ3) is 3.43. The van der Waals surface area contributed by atoms with Crippen molar-refractivity contribution < 1.29 is 9.59 Å². The van der Waals surface area contributed by atoms with Gasteiger partial charge in [0, 0.05) is 25.1 Å². The monoisotopic (exact) mass is 338 g/mol. The van der Waals surface area contributed by atoms with E-state index in [-0.39, 0.29) is 17.7 Å². The number of nitrogens with zero attached hydrogens (tertiary/aromatic N) is 3. The Kier molecular flexibility index (Phi) is 4.03. The number of benzene rings is 1. The highest BCUT2D eigenvalue weighted by atomic mass is 16.2. The third-order valence-corrected chi connectivity index (χ3v) is 4.90.